The quantitative estimate of drug-likeness (QED) is 0.306. The highest BCUT2D eigenvalue weighted by Gasteiger charge is 2.13. The fourth-order valence-corrected chi connectivity index (χ4v) is 2.58. The van der Waals surface area contributed by atoms with Gasteiger partial charge in [-0.05, 0) is 48.9 Å². The predicted octanol–water partition coefficient (Wildman–Crippen LogP) is 3.81. The van der Waals surface area contributed by atoms with Gasteiger partial charge >= 0.3 is 11.6 Å². The molecule has 0 fully saturated rings. The number of benzene rings is 2. The molecule has 2 aromatic carbocycles. The zero-order valence-electron chi connectivity index (χ0n) is 14.9. The summed E-state index contributed by atoms with van der Waals surface area (Å²) >= 11 is 5.81. The van der Waals surface area contributed by atoms with Gasteiger partial charge in [0.1, 0.15) is 16.9 Å². The summed E-state index contributed by atoms with van der Waals surface area (Å²) < 4.78 is 10.4. The number of rotatable bonds is 5. The van der Waals surface area contributed by atoms with E-state index in [0.29, 0.717) is 17.0 Å². The summed E-state index contributed by atoms with van der Waals surface area (Å²) in [6.07, 6.45) is 2.88. The number of hydrogen-bond donors (Lipinski definition) is 1. The highest BCUT2D eigenvalue weighted by atomic mass is 35.5. The Morgan fingerprint density at radius 1 is 1.14 bits per heavy atom. The molecule has 0 aliphatic rings. The van der Waals surface area contributed by atoms with Gasteiger partial charge in [0.25, 0.3) is 5.91 Å². The Labute approximate surface area is 165 Å². The second kappa shape index (κ2) is 8.54. The molecule has 1 heterocycles. The number of halogens is 1. The smallest absolute Gasteiger partial charge is 0.349 e. The highest BCUT2D eigenvalue weighted by molar-refractivity contribution is 6.30. The van der Waals surface area contributed by atoms with Crippen molar-refractivity contribution < 1.29 is 18.7 Å². The second-order valence-corrected chi connectivity index (χ2v) is 6.25. The van der Waals surface area contributed by atoms with Crippen molar-refractivity contribution >= 4 is 40.5 Å². The molecule has 1 amide bonds. The largest absolute Gasteiger partial charge is 0.423 e. The van der Waals surface area contributed by atoms with E-state index in [-0.39, 0.29) is 16.9 Å². The molecular formula is C21H16ClNO5. The van der Waals surface area contributed by atoms with Crippen molar-refractivity contribution in [2.24, 2.45) is 0 Å². The number of ether oxygens (including phenoxy) is 1. The van der Waals surface area contributed by atoms with Crippen LogP contribution in [0.2, 0.25) is 5.02 Å². The maximum atomic E-state index is 12.0. The lowest BCUT2D eigenvalue weighted by atomic mass is 10.1. The topological polar surface area (TPSA) is 85.6 Å². The van der Waals surface area contributed by atoms with Crippen LogP contribution in [-0.2, 0) is 4.79 Å². The zero-order valence-corrected chi connectivity index (χ0v) is 15.7. The van der Waals surface area contributed by atoms with E-state index in [0.717, 1.165) is 5.56 Å². The van der Waals surface area contributed by atoms with Gasteiger partial charge in [0.15, 0.2) is 0 Å². The maximum Gasteiger partial charge on any atom is 0.349 e. The fourth-order valence-electron chi connectivity index (χ4n) is 2.46. The lowest BCUT2D eigenvalue weighted by Crippen LogP contribution is -2.27. The average molecular weight is 398 g/mol. The van der Waals surface area contributed by atoms with Gasteiger partial charge in [0, 0.05) is 29.1 Å². The molecular weight excluding hydrogens is 382 g/mol. The summed E-state index contributed by atoms with van der Waals surface area (Å²) in [5.74, 6) is -0.872. The minimum atomic E-state index is -0.760. The molecule has 0 saturated carbocycles. The van der Waals surface area contributed by atoms with Crippen molar-refractivity contribution in [1.29, 1.82) is 0 Å². The third kappa shape index (κ3) is 4.66. The van der Waals surface area contributed by atoms with Gasteiger partial charge in [-0.1, -0.05) is 23.7 Å². The van der Waals surface area contributed by atoms with E-state index in [9.17, 15) is 14.4 Å². The molecule has 142 valence electrons. The van der Waals surface area contributed by atoms with Crippen LogP contribution in [-0.4, -0.2) is 18.4 Å². The molecule has 0 atom stereocenters. The molecule has 6 nitrogen and oxygen atoms in total. The van der Waals surface area contributed by atoms with E-state index >= 15 is 0 Å². The maximum absolute atomic E-state index is 12.0. The summed E-state index contributed by atoms with van der Waals surface area (Å²) in [6.45, 7) is 2.15. The fraction of sp³-hybridized carbons (Fsp3) is 0.0952. The number of nitrogens with one attached hydrogen (secondary N) is 1. The van der Waals surface area contributed by atoms with E-state index < -0.39 is 17.5 Å². The Bertz CT molecular complexity index is 1120. The van der Waals surface area contributed by atoms with E-state index in [1.54, 1.807) is 49.4 Å². The Kier molecular flexibility index (Phi) is 5.91. The van der Waals surface area contributed by atoms with Crippen LogP contribution in [0.5, 0.6) is 5.75 Å². The van der Waals surface area contributed by atoms with Crippen LogP contribution in [0.4, 0.5) is 0 Å². The monoisotopic (exact) mass is 397 g/mol. The zero-order chi connectivity index (χ0) is 20.1. The Morgan fingerprint density at radius 2 is 1.89 bits per heavy atom. The molecule has 1 aromatic heterocycles. The number of hydrogen-bond acceptors (Lipinski definition) is 5. The van der Waals surface area contributed by atoms with Crippen LogP contribution in [0.3, 0.4) is 0 Å². The van der Waals surface area contributed by atoms with Gasteiger partial charge in [0.2, 0.25) is 0 Å². The molecule has 7 heteroatoms. The molecule has 0 aliphatic carbocycles. The van der Waals surface area contributed by atoms with Crippen LogP contribution in [0.1, 0.15) is 22.8 Å². The Hall–Kier alpha value is -3.38. The first kappa shape index (κ1) is 19.4. The lowest BCUT2D eigenvalue weighted by Gasteiger charge is -2.05. The van der Waals surface area contributed by atoms with Gasteiger partial charge in [0.05, 0.1) is 0 Å². The van der Waals surface area contributed by atoms with E-state index in [1.807, 2.05) is 0 Å². The standard InChI is InChI=1S/C21H16ClNO5/c1-2-23-20(25)17-11-14-6-9-16(12-18(14)28-21(17)26)27-19(24)10-5-13-3-7-15(22)8-4-13/h3-12H,2H2,1H3,(H,23,25)/b10-5+. The third-order valence-corrected chi connectivity index (χ3v) is 4.04. The van der Waals surface area contributed by atoms with Crippen molar-refractivity contribution in [2.45, 2.75) is 6.92 Å². The molecule has 0 bridgehead atoms. The summed E-state index contributed by atoms with van der Waals surface area (Å²) in [5.41, 5.74) is 0.170. The first-order valence-electron chi connectivity index (χ1n) is 8.48. The summed E-state index contributed by atoms with van der Waals surface area (Å²) in [5, 5.41) is 3.70. The lowest BCUT2D eigenvalue weighted by molar-refractivity contribution is -0.128. The number of fused-ring (bicyclic) bond motifs is 1. The number of amides is 1. The molecule has 0 aliphatic heterocycles. The van der Waals surface area contributed by atoms with Gasteiger partial charge in [-0.3, -0.25) is 4.79 Å². The first-order valence-corrected chi connectivity index (χ1v) is 8.85. The van der Waals surface area contributed by atoms with Crippen LogP contribution in [0.25, 0.3) is 17.0 Å². The van der Waals surface area contributed by atoms with Crippen LogP contribution < -0.4 is 15.7 Å². The summed E-state index contributed by atoms with van der Waals surface area (Å²) in [6, 6.07) is 13.0. The SMILES string of the molecule is CCNC(=O)c1cc2ccc(OC(=O)/C=C/c3ccc(Cl)cc3)cc2oc1=O. The van der Waals surface area contributed by atoms with Gasteiger partial charge in [-0.25, -0.2) is 9.59 Å². The van der Waals surface area contributed by atoms with E-state index in [1.165, 1.54) is 18.2 Å². The van der Waals surface area contributed by atoms with Crippen LogP contribution in [0, 0.1) is 0 Å². The van der Waals surface area contributed by atoms with Crippen molar-refractivity contribution in [3.63, 3.8) is 0 Å². The second-order valence-electron chi connectivity index (χ2n) is 5.81. The highest BCUT2D eigenvalue weighted by Crippen LogP contribution is 2.21. The predicted molar refractivity (Wildman–Crippen MR) is 107 cm³/mol. The number of esters is 1. The number of carbonyl (C=O) groups is 2. The summed E-state index contributed by atoms with van der Waals surface area (Å²) in [7, 11) is 0. The molecule has 28 heavy (non-hydrogen) atoms. The molecule has 1 N–H and O–H groups in total. The summed E-state index contributed by atoms with van der Waals surface area (Å²) in [4.78, 5) is 35.9. The first-order chi connectivity index (χ1) is 13.5. The molecule has 0 unspecified atom stereocenters. The van der Waals surface area contributed by atoms with Gasteiger partial charge in [-0.15, -0.1) is 0 Å². The normalized spacial score (nSPS) is 10.9. The van der Waals surface area contributed by atoms with Crippen molar-refractivity contribution in [1.82, 2.24) is 5.32 Å². The number of carbonyl (C=O) groups excluding carboxylic acids is 2. The minimum absolute atomic E-state index is 0.0787. The molecule has 3 rings (SSSR count). The van der Waals surface area contributed by atoms with Gasteiger partial charge < -0.3 is 14.5 Å². The molecule has 3 aromatic rings. The van der Waals surface area contributed by atoms with Crippen molar-refractivity contribution in [3.05, 3.63) is 81.2 Å². The molecule has 0 spiro atoms. The average Bonchev–Trinajstić information content (AvgIpc) is 2.67. The Morgan fingerprint density at radius 3 is 2.61 bits per heavy atom. The van der Waals surface area contributed by atoms with Gasteiger partial charge in [-0.2, -0.15) is 0 Å². The molecule has 0 saturated heterocycles. The minimum Gasteiger partial charge on any atom is -0.423 e. The molecule has 0 radical (unpaired) electrons. The Balaban J connectivity index is 1.77. The third-order valence-electron chi connectivity index (χ3n) is 3.79. The van der Waals surface area contributed by atoms with E-state index in [4.69, 9.17) is 20.8 Å². The van der Waals surface area contributed by atoms with E-state index in [2.05, 4.69) is 5.32 Å². The van der Waals surface area contributed by atoms with Crippen molar-refractivity contribution in [3.8, 4) is 5.75 Å². The van der Waals surface area contributed by atoms with Crippen molar-refractivity contribution in [2.75, 3.05) is 6.54 Å². The van der Waals surface area contributed by atoms with Crippen LogP contribution >= 0.6 is 11.6 Å². The van der Waals surface area contributed by atoms with Crippen LogP contribution in [0.15, 0.2) is 63.8 Å².